The summed E-state index contributed by atoms with van der Waals surface area (Å²) < 4.78 is 6.51. The van der Waals surface area contributed by atoms with Gasteiger partial charge in [-0.25, -0.2) is 4.79 Å². The second-order valence-corrected chi connectivity index (χ2v) is 6.16. The minimum absolute atomic E-state index is 0.0816. The number of benzene rings is 2. The fourth-order valence-electron chi connectivity index (χ4n) is 2.83. The lowest BCUT2D eigenvalue weighted by Gasteiger charge is -2.16. The largest absolute Gasteiger partial charge is 0.420 e. The lowest BCUT2D eigenvalue weighted by Crippen LogP contribution is -2.25. The molecule has 1 amide bonds. The maximum atomic E-state index is 12.5. The van der Waals surface area contributed by atoms with E-state index < -0.39 is 5.76 Å². The molecule has 1 N–H and O–H groups in total. The zero-order valence-corrected chi connectivity index (χ0v) is 14.0. The predicted octanol–water partition coefficient (Wildman–Crippen LogP) is 3.67. The summed E-state index contributed by atoms with van der Waals surface area (Å²) in [6.07, 6.45) is 0. The van der Waals surface area contributed by atoms with Crippen molar-refractivity contribution < 1.29 is 9.21 Å². The Bertz CT molecular complexity index is 951. The number of nitrogens with zero attached hydrogens (tertiary/aromatic N) is 1. The third kappa shape index (κ3) is 2.97. The van der Waals surface area contributed by atoms with E-state index in [0.29, 0.717) is 11.1 Å². The molecule has 0 aliphatic heterocycles. The fourth-order valence-corrected chi connectivity index (χ4v) is 2.83. The Labute approximate surface area is 139 Å². The first-order chi connectivity index (χ1) is 11.5. The van der Waals surface area contributed by atoms with Gasteiger partial charge in [0.1, 0.15) is 6.54 Å². The Morgan fingerprint density at radius 2 is 1.92 bits per heavy atom. The molecule has 2 aromatic carbocycles. The van der Waals surface area contributed by atoms with E-state index >= 15 is 0 Å². The van der Waals surface area contributed by atoms with Crippen molar-refractivity contribution in [2.75, 3.05) is 5.32 Å². The van der Waals surface area contributed by atoms with Gasteiger partial charge >= 0.3 is 5.76 Å². The molecule has 0 aliphatic rings. The van der Waals surface area contributed by atoms with Crippen molar-refractivity contribution >= 4 is 22.7 Å². The zero-order valence-electron chi connectivity index (χ0n) is 14.0. The summed E-state index contributed by atoms with van der Waals surface area (Å²) in [5, 5.41) is 2.95. The van der Waals surface area contributed by atoms with Gasteiger partial charge < -0.3 is 9.73 Å². The highest BCUT2D eigenvalue weighted by molar-refractivity contribution is 5.93. The van der Waals surface area contributed by atoms with E-state index in [1.807, 2.05) is 31.2 Å². The van der Waals surface area contributed by atoms with Crippen LogP contribution in [-0.4, -0.2) is 10.5 Å². The summed E-state index contributed by atoms with van der Waals surface area (Å²) >= 11 is 0. The van der Waals surface area contributed by atoms with Crippen molar-refractivity contribution in [2.24, 2.45) is 0 Å². The highest BCUT2D eigenvalue weighted by Gasteiger charge is 2.15. The van der Waals surface area contributed by atoms with Gasteiger partial charge in [0.15, 0.2) is 5.58 Å². The van der Waals surface area contributed by atoms with Crippen LogP contribution in [0.1, 0.15) is 30.9 Å². The number of hydrogen-bond donors (Lipinski definition) is 1. The van der Waals surface area contributed by atoms with Crippen LogP contribution in [0.2, 0.25) is 0 Å². The molecule has 0 atom stereocenters. The van der Waals surface area contributed by atoms with Crippen LogP contribution in [0, 0.1) is 6.92 Å². The Balaban J connectivity index is 1.89. The molecule has 0 radical (unpaired) electrons. The van der Waals surface area contributed by atoms with Crippen molar-refractivity contribution in [3.05, 3.63) is 64.1 Å². The number of aryl methyl sites for hydroxylation is 1. The van der Waals surface area contributed by atoms with Crippen LogP contribution in [-0.2, 0) is 11.3 Å². The van der Waals surface area contributed by atoms with Crippen LogP contribution >= 0.6 is 0 Å². The molecule has 24 heavy (non-hydrogen) atoms. The van der Waals surface area contributed by atoms with Gasteiger partial charge in [0, 0.05) is 5.69 Å². The summed E-state index contributed by atoms with van der Waals surface area (Å²) in [6, 6.07) is 13.0. The number of oxazole rings is 1. The van der Waals surface area contributed by atoms with E-state index in [-0.39, 0.29) is 18.4 Å². The molecule has 1 aromatic heterocycles. The fraction of sp³-hybridized carbons (Fsp3) is 0.263. The summed E-state index contributed by atoms with van der Waals surface area (Å²) in [6.45, 7) is 6.04. The van der Waals surface area contributed by atoms with Gasteiger partial charge in [-0.1, -0.05) is 44.2 Å². The van der Waals surface area contributed by atoms with Gasteiger partial charge in [0.2, 0.25) is 5.91 Å². The monoisotopic (exact) mass is 324 g/mol. The number of para-hydroxylation sites is 3. The van der Waals surface area contributed by atoms with Gasteiger partial charge in [0.25, 0.3) is 0 Å². The van der Waals surface area contributed by atoms with Crippen molar-refractivity contribution in [2.45, 2.75) is 33.2 Å². The number of amides is 1. The molecule has 5 nitrogen and oxygen atoms in total. The first-order valence-electron chi connectivity index (χ1n) is 7.95. The molecule has 3 aromatic rings. The minimum Gasteiger partial charge on any atom is -0.408 e. The molecule has 124 valence electrons. The lowest BCUT2D eigenvalue weighted by atomic mass is 9.98. The Morgan fingerprint density at radius 3 is 2.67 bits per heavy atom. The van der Waals surface area contributed by atoms with Gasteiger partial charge in [0.05, 0.1) is 5.52 Å². The van der Waals surface area contributed by atoms with E-state index in [4.69, 9.17) is 4.42 Å². The normalized spacial score (nSPS) is 11.2. The first-order valence-corrected chi connectivity index (χ1v) is 7.95. The van der Waals surface area contributed by atoms with Crippen LogP contribution in [0.15, 0.2) is 51.7 Å². The first kappa shape index (κ1) is 16.1. The molecule has 1 heterocycles. The van der Waals surface area contributed by atoms with Gasteiger partial charge in [-0.3, -0.25) is 9.36 Å². The number of aromatic nitrogens is 1. The predicted molar refractivity (Wildman–Crippen MR) is 94.4 cm³/mol. The molecular formula is C19H20N2O3. The maximum absolute atomic E-state index is 12.5. The van der Waals surface area contributed by atoms with E-state index in [9.17, 15) is 9.59 Å². The second-order valence-electron chi connectivity index (χ2n) is 6.16. The molecule has 3 rings (SSSR count). The molecule has 0 aliphatic carbocycles. The number of anilines is 1. The lowest BCUT2D eigenvalue weighted by molar-refractivity contribution is -0.116. The van der Waals surface area contributed by atoms with Crippen molar-refractivity contribution in [1.29, 1.82) is 0 Å². The van der Waals surface area contributed by atoms with Crippen molar-refractivity contribution in [3.63, 3.8) is 0 Å². The zero-order chi connectivity index (χ0) is 17.3. The highest BCUT2D eigenvalue weighted by atomic mass is 16.4. The summed E-state index contributed by atoms with van der Waals surface area (Å²) in [7, 11) is 0. The number of carbonyl (C=O) groups excluding carboxylic acids is 1. The number of fused-ring (bicyclic) bond motifs is 1. The SMILES string of the molecule is Cc1cccc(C(C)C)c1NC(=O)Cn1c(=O)oc2ccccc21. The summed E-state index contributed by atoms with van der Waals surface area (Å²) in [5.41, 5.74) is 3.99. The molecule has 0 bridgehead atoms. The van der Waals surface area contributed by atoms with Crippen LogP contribution in [0.4, 0.5) is 5.69 Å². The van der Waals surface area contributed by atoms with Crippen LogP contribution in [0.5, 0.6) is 0 Å². The molecular weight excluding hydrogens is 304 g/mol. The Morgan fingerprint density at radius 1 is 1.17 bits per heavy atom. The smallest absolute Gasteiger partial charge is 0.408 e. The van der Waals surface area contributed by atoms with E-state index in [1.165, 1.54) is 4.57 Å². The Kier molecular flexibility index (Phi) is 4.25. The average Bonchev–Trinajstić information content (AvgIpc) is 2.85. The van der Waals surface area contributed by atoms with E-state index in [2.05, 4.69) is 19.2 Å². The molecule has 0 spiro atoms. The summed E-state index contributed by atoms with van der Waals surface area (Å²) in [5.74, 6) is -0.488. The number of rotatable bonds is 4. The topological polar surface area (TPSA) is 64.2 Å². The number of nitrogens with one attached hydrogen (secondary N) is 1. The van der Waals surface area contributed by atoms with Crippen LogP contribution in [0.3, 0.4) is 0 Å². The third-order valence-corrected chi connectivity index (χ3v) is 4.07. The Hall–Kier alpha value is -2.82. The van der Waals surface area contributed by atoms with Gasteiger partial charge in [-0.05, 0) is 36.1 Å². The van der Waals surface area contributed by atoms with Crippen LogP contribution < -0.4 is 11.1 Å². The van der Waals surface area contributed by atoms with E-state index in [1.54, 1.807) is 18.2 Å². The van der Waals surface area contributed by atoms with Crippen molar-refractivity contribution in [1.82, 2.24) is 4.57 Å². The molecule has 0 fully saturated rings. The van der Waals surface area contributed by atoms with E-state index in [0.717, 1.165) is 16.8 Å². The number of carbonyl (C=O) groups is 1. The number of hydrogen-bond acceptors (Lipinski definition) is 3. The quantitative estimate of drug-likeness (QED) is 0.796. The molecule has 0 unspecified atom stereocenters. The summed E-state index contributed by atoms with van der Waals surface area (Å²) in [4.78, 5) is 24.5. The molecule has 0 saturated carbocycles. The highest BCUT2D eigenvalue weighted by Crippen LogP contribution is 2.27. The minimum atomic E-state index is -0.528. The third-order valence-electron chi connectivity index (χ3n) is 4.07. The average molecular weight is 324 g/mol. The van der Waals surface area contributed by atoms with Gasteiger partial charge in [-0.2, -0.15) is 0 Å². The van der Waals surface area contributed by atoms with Crippen molar-refractivity contribution in [3.8, 4) is 0 Å². The molecule has 0 saturated heterocycles. The van der Waals surface area contributed by atoms with Crippen LogP contribution in [0.25, 0.3) is 11.1 Å². The second kappa shape index (κ2) is 6.35. The maximum Gasteiger partial charge on any atom is 0.420 e. The molecule has 5 heteroatoms. The standard InChI is InChI=1S/C19H20N2O3/c1-12(2)14-8-6-7-13(3)18(14)20-17(22)11-21-15-9-4-5-10-16(15)24-19(21)23/h4-10,12H,11H2,1-3H3,(H,20,22). The van der Waals surface area contributed by atoms with Gasteiger partial charge in [-0.15, -0.1) is 0 Å².